The van der Waals surface area contributed by atoms with E-state index in [1.807, 2.05) is 5.92 Å². The molecule has 0 atom stereocenters. The molecule has 0 fully saturated rings. The lowest BCUT2D eigenvalue weighted by atomic mass is 10.1. The van der Waals surface area contributed by atoms with Gasteiger partial charge in [-0.2, -0.15) is 0 Å². The topological polar surface area (TPSA) is 0 Å². The van der Waals surface area contributed by atoms with Gasteiger partial charge in [0.15, 0.2) is 23.3 Å². The van der Waals surface area contributed by atoms with Crippen LogP contribution in [0.2, 0.25) is 5.02 Å². The first-order chi connectivity index (χ1) is 9.41. The van der Waals surface area contributed by atoms with E-state index in [2.05, 4.69) is 5.92 Å². The fraction of sp³-hybridized carbons (Fsp3) is 0. The van der Waals surface area contributed by atoms with Crippen molar-refractivity contribution >= 4 is 11.6 Å². The highest BCUT2D eigenvalue weighted by Crippen LogP contribution is 2.22. The monoisotopic (exact) mass is 302 g/mol. The van der Waals surface area contributed by atoms with Crippen LogP contribution in [0.25, 0.3) is 0 Å². The number of rotatable bonds is 0. The SMILES string of the molecule is Fc1c(F)c(F)c(C#Cc2ccc(Cl)cc2)c(F)c1F. The summed E-state index contributed by atoms with van der Waals surface area (Å²) in [6.07, 6.45) is 0. The Hall–Kier alpha value is -2.06. The zero-order valence-electron chi connectivity index (χ0n) is 9.58. The van der Waals surface area contributed by atoms with Crippen molar-refractivity contribution in [2.45, 2.75) is 0 Å². The summed E-state index contributed by atoms with van der Waals surface area (Å²) >= 11 is 5.63. The normalized spacial score (nSPS) is 10.1. The van der Waals surface area contributed by atoms with Crippen molar-refractivity contribution in [2.75, 3.05) is 0 Å². The molecule has 0 unspecified atom stereocenters. The van der Waals surface area contributed by atoms with E-state index < -0.39 is 34.6 Å². The molecular weight excluding hydrogens is 299 g/mol. The number of hydrogen-bond donors (Lipinski definition) is 0. The summed E-state index contributed by atoms with van der Waals surface area (Å²) in [6, 6.07) is 5.84. The number of hydrogen-bond acceptors (Lipinski definition) is 0. The Morgan fingerprint density at radius 2 is 1.10 bits per heavy atom. The van der Waals surface area contributed by atoms with Crippen LogP contribution in [0, 0.1) is 40.9 Å². The minimum atomic E-state index is -2.21. The van der Waals surface area contributed by atoms with Crippen molar-refractivity contribution in [2.24, 2.45) is 0 Å². The van der Waals surface area contributed by atoms with Gasteiger partial charge in [0.2, 0.25) is 5.82 Å². The van der Waals surface area contributed by atoms with Gasteiger partial charge in [-0.25, -0.2) is 22.0 Å². The van der Waals surface area contributed by atoms with Crippen molar-refractivity contribution < 1.29 is 22.0 Å². The largest absolute Gasteiger partial charge is 0.202 e. The Morgan fingerprint density at radius 1 is 0.650 bits per heavy atom. The summed E-state index contributed by atoms with van der Waals surface area (Å²) in [6.45, 7) is 0. The Kier molecular flexibility index (Phi) is 3.96. The van der Waals surface area contributed by atoms with Gasteiger partial charge < -0.3 is 0 Å². The van der Waals surface area contributed by atoms with Crippen LogP contribution in [0.5, 0.6) is 0 Å². The molecule has 0 spiro atoms. The highest BCUT2D eigenvalue weighted by atomic mass is 35.5. The Labute approximate surface area is 115 Å². The second-order valence-corrected chi connectivity index (χ2v) is 4.14. The minimum absolute atomic E-state index is 0.318. The quantitative estimate of drug-likeness (QED) is 0.292. The molecule has 0 aliphatic carbocycles. The molecule has 0 bridgehead atoms. The molecule has 0 aliphatic heterocycles. The molecule has 0 saturated carbocycles. The van der Waals surface area contributed by atoms with E-state index in [1.165, 1.54) is 24.3 Å². The fourth-order valence-electron chi connectivity index (χ4n) is 1.38. The smallest absolute Gasteiger partial charge is 0.200 e. The van der Waals surface area contributed by atoms with Gasteiger partial charge >= 0.3 is 0 Å². The molecule has 6 heteroatoms. The van der Waals surface area contributed by atoms with Gasteiger partial charge in [0.25, 0.3) is 0 Å². The summed E-state index contributed by atoms with van der Waals surface area (Å²) in [7, 11) is 0. The van der Waals surface area contributed by atoms with Crippen LogP contribution in [-0.4, -0.2) is 0 Å². The van der Waals surface area contributed by atoms with Crippen molar-refractivity contribution in [3.8, 4) is 11.8 Å². The molecule has 2 aromatic carbocycles. The van der Waals surface area contributed by atoms with Crippen LogP contribution in [0.4, 0.5) is 22.0 Å². The first-order valence-electron chi connectivity index (χ1n) is 5.21. The summed E-state index contributed by atoms with van der Waals surface area (Å²) in [5.41, 5.74) is -0.852. The van der Waals surface area contributed by atoms with Crippen LogP contribution in [-0.2, 0) is 0 Å². The summed E-state index contributed by atoms with van der Waals surface area (Å²) in [4.78, 5) is 0. The van der Waals surface area contributed by atoms with Crippen molar-refractivity contribution in [3.63, 3.8) is 0 Å². The molecule has 0 amide bonds. The maximum Gasteiger partial charge on any atom is 0.200 e. The van der Waals surface area contributed by atoms with E-state index in [9.17, 15) is 22.0 Å². The van der Waals surface area contributed by atoms with Gasteiger partial charge in [-0.15, -0.1) is 0 Å². The molecule has 102 valence electrons. The van der Waals surface area contributed by atoms with Gasteiger partial charge in [0, 0.05) is 10.6 Å². The average Bonchev–Trinajstić information content (AvgIpc) is 2.45. The van der Waals surface area contributed by atoms with Crippen molar-refractivity contribution in [3.05, 3.63) is 69.5 Å². The van der Waals surface area contributed by atoms with Gasteiger partial charge in [0.05, 0.1) is 0 Å². The van der Waals surface area contributed by atoms with Gasteiger partial charge in [0.1, 0.15) is 5.56 Å². The summed E-state index contributed by atoms with van der Waals surface area (Å²) in [5, 5.41) is 0.423. The first-order valence-corrected chi connectivity index (χ1v) is 5.58. The zero-order valence-corrected chi connectivity index (χ0v) is 10.3. The van der Waals surface area contributed by atoms with Gasteiger partial charge in [-0.3, -0.25) is 0 Å². The predicted molar refractivity (Wildman–Crippen MR) is 63.7 cm³/mol. The van der Waals surface area contributed by atoms with E-state index in [1.54, 1.807) is 0 Å². The van der Waals surface area contributed by atoms with E-state index in [0.717, 1.165) is 0 Å². The van der Waals surface area contributed by atoms with Crippen LogP contribution < -0.4 is 0 Å². The molecule has 20 heavy (non-hydrogen) atoms. The fourth-order valence-corrected chi connectivity index (χ4v) is 1.51. The molecular formula is C14H4ClF5. The lowest BCUT2D eigenvalue weighted by molar-refractivity contribution is 0.376. The van der Waals surface area contributed by atoms with E-state index >= 15 is 0 Å². The lowest BCUT2D eigenvalue weighted by Gasteiger charge is -2.02. The highest BCUT2D eigenvalue weighted by molar-refractivity contribution is 6.30. The average molecular weight is 303 g/mol. The third-order valence-corrected chi connectivity index (χ3v) is 2.64. The lowest BCUT2D eigenvalue weighted by Crippen LogP contribution is -2.04. The third kappa shape index (κ3) is 2.61. The molecule has 0 N–H and O–H groups in total. The Bertz CT molecular complexity index is 697. The number of benzene rings is 2. The second-order valence-electron chi connectivity index (χ2n) is 3.70. The highest BCUT2D eigenvalue weighted by Gasteiger charge is 2.24. The first kappa shape index (κ1) is 14.4. The summed E-state index contributed by atoms with van der Waals surface area (Å²) < 4.78 is 65.3. The standard InChI is InChI=1S/C14H4ClF5/c15-8-4-1-7(2-5-8)3-6-9-10(16)12(18)14(20)13(19)11(9)17/h1-2,4-5H. The maximum atomic E-state index is 13.3. The molecule has 2 rings (SSSR count). The van der Waals surface area contributed by atoms with Crippen LogP contribution in [0.15, 0.2) is 24.3 Å². The molecule has 0 radical (unpaired) electrons. The molecule has 0 nitrogen and oxygen atoms in total. The maximum absolute atomic E-state index is 13.3. The van der Waals surface area contributed by atoms with Crippen LogP contribution in [0.3, 0.4) is 0 Å². The predicted octanol–water partition coefficient (Wildman–Crippen LogP) is 4.44. The van der Waals surface area contributed by atoms with Gasteiger partial charge in [-0.1, -0.05) is 23.4 Å². The Morgan fingerprint density at radius 3 is 1.60 bits per heavy atom. The molecule has 0 aromatic heterocycles. The van der Waals surface area contributed by atoms with Crippen molar-refractivity contribution in [1.29, 1.82) is 0 Å². The van der Waals surface area contributed by atoms with E-state index in [4.69, 9.17) is 11.6 Å². The molecule has 0 aliphatic rings. The Balaban J connectivity index is 2.53. The third-order valence-electron chi connectivity index (χ3n) is 2.39. The second kappa shape index (κ2) is 5.51. The molecule has 0 heterocycles. The van der Waals surface area contributed by atoms with Gasteiger partial charge in [-0.05, 0) is 24.3 Å². The van der Waals surface area contributed by atoms with Crippen LogP contribution in [0.1, 0.15) is 11.1 Å². The zero-order chi connectivity index (χ0) is 14.9. The van der Waals surface area contributed by atoms with Crippen molar-refractivity contribution in [1.82, 2.24) is 0 Å². The van der Waals surface area contributed by atoms with E-state index in [-0.39, 0.29) is 0 Å². The van der Waals surface area contributed by atoms with Crippen LogP contribution >= 0.6 is 11.6 Å². The molecule has 2 aromatic rings. The minimum Gasteiger partial charge on any atom is -0.202 e. The molecule has 0 saturated heterocycles. The number of halogens is 6. The summed E-state index contributed by atoms with van der Waals surface area (Å²) in [5.74, 6) is -5.93. The van der Waals surface area contributed by atoms with E-state index in [0.29, 0.717) is 10.6 Å².